The van der Waals surface area contributed by atoms with Crippen LogP contribution in [0.25, 0.3) is 0 Å². The van der Waals surface area contributed by atoms with E-state index in [2.05, 4.69) is 40.7 Å². The van der Waals surface area contributed by atoms with Gasteiger partial charge in [-0.25, -0.2) is 0 Å². The molecule has 8 nitrogen and oxygen atoms in total. The molecule has 0 radical (unpaired) electrons. The number of ether oxygens (including phenoxy) is 7. The Bertz CT molecular complexity index is 927. The van der Waals surface area contributed by atoms with Gasteiger partial charge in [-0.3, -0.25) is 0 Å². The Morgan fingerprint density at radius 3 is 1.82 bits per heavy atom. The predicted octanol–water partition coefficient (Wildman–Crippen LogP) is 7.50. The zero-order valence-electron chi connectivity index (χ0n) is 32.1. The van der Waals surface area contributed by atoms with Crippen molar-refractivity contribution in [1.29, 1.82) is 0 Å². The first-order chi connectivity index (χ1) is 23.8. The van der Waals surface area contributed by atoms with E-state index in [-0.39, 0.29) is 6.61 Å². The van der Waals surface area contributed by atoms with Crippen LogP contribution in [0.2, 0.25) is 0 Å². The molecule has 0 aromatic carbocycles. The van der Waals surface area contributed by atoms with Gasteiger partial charge in [-0.2, -0.15) is 0 Å². The summed E-state index contributed by atoms with van der Waals surface area (Å²) < 4.78 is 39.3. The van der Waals surface area contributed by atoms with Gasteiger partial charge in [0.05, 0.1) is 98.6 Å². The van der Waals surface area contributed by atoms with Crippen LogP contribution < -0.4 is 0 Å². The number of hydrogen-bond donors (Lipinski definition) is 1. The molecule has 0 aliphatic heterocycles. The highest BCUT2D eigenvalue weighted by molar-refractivity contribution is 5.25. The minimum atomic E-state index is 0.0376. The molecule has 286 valence electrons. The molecule has 0 saturated heterocycles. The summed E-state index contributed by atoms with van der Waals surface area (Å²) in [7, 11) is 0. The van der Waals surface area contributed by atoms with Crippen LogP contribution in [0.15, 0.2) is 11.6 Å². The zero-order chi connectivity index (χ0) is 35.0. The summed E-state index contributed by atoms with van der Waals surface area (Å²) in [5.41, 5.74) is 2.64. The molecule has 3 fully saturated rings. The fourth-order valence-electron chi connectivity index (χ4n) is 10.3. The van der Waals surface area contributed by atoms with E-state index in [4.69, 9.17) is 38.3 Å². The summed E-state index contributed by atoms with van der Waals surface area (Å²) in [4.78, 5) is 0. The fourth-order valence-corrected chi connectivity index (χ4v) is 10.3. The lowest BCUT2D eigenvalue weighted by Gasteiger charge is -2.58. The minimum absolute atomic E-state index is 0.0376. The molecule has 1 N–H and O–H groups in total. The zero-order valence-corrected chi connectivity index (χ0v) is 32.1. The van der Waals surface area contributed by atoms with E-state index >= 15 is 0 Å². The molecule has 49 heavy (non-hydrogen) atoms. The molecule has 0 heterocycles. The minimum Gasteiger partial charge on any atom is -0.394 e. The SMILES string of the molecule is CC(C)CCC[C@@H](C)[C@H]1CC[C@H]2[C@@H]3CC=C4C[C@@H](OCCOCCOCCOCCOCCOCCOCCO)CC[C@]4(C)[C@H]3CC[C@]12C. The predicted molar refractivity (Wildman–Crippen MR) is 195 cm³/mol. The van der Waals surface area contributed by atoms with Crippen molar-refractivity contribution >= 4 is 0 Å². The molecule has 4 aliphatic carbocycles. The van der Waals surface area contributed by atoms with Crippen molar-refractivity contribution in [3.05, 3.63) is 11.6 Å². The van der Waals surface area contributed by atoms with Gasteiger partial charge in [-0.15, -0.1) is 0 Å². The average Bonchev–Trinajstić information content (AvgIpc) is 3.44. The first-order valence-electron chi connectivity index (χ1n) is 20.2. The van der Waals surface area contributed by atoms with Crippen LogP contribution in [-0.4, -0.2) is 104 Å². The molecule has 0 aromatic heterocycles. The highest BCUT2D eigenvalue weighted by Crippen LogP contribution is 2.67. The van der Waals surface area contributed by atoms with Crippen LogP contribution in [0.5, 0.6) is 0 Å². The summed E-state index contributed by atoms with van der Waals surface area (Å²) in [6, 6.07) is 0. The number of allylic oxidation sites excluding steroid dienone is 1. The Morgan fingerprint density at radius 2 is 1.24 bits per heavy atom. The smallest absolute Gasteiger partial charge is 0.0704 e. The van der Waals surface area contributed by atoms with Crippen LogP contribution >= 0.6 is 0 Å². The molecule has 0 aromatic rings. The summed E-state index contributed by atoms with van der Waals surface area (Å²) in [5.74, 6) is 5.32. The van der Waals surface area contributed by atoms with E-state index in [0.717, 1.165) is 41.9 Å². The van der Waals surface area contributed by atoms with E-state index in [1.54, 1.807) is 5.57 Å². The maximum Gasteiger partial charge on any atom is 0.0704 e. The molecule has 8 atom stereocenters. The summed E-state index contributed by atoms with van der Waals surface area (Å²) in [6.07, 6.45) is 17.9. The summed E-state index contributed by atoms with van der Waals surface area (Å²) in [5, 5.41) is 8.63. The number of aliphatic hydroxyl groups excluding tert-OH is 1. The Labute approximate surface area is 299 Å². The lowest BCUT2D eigenvalue weighted by molar-refractivity contribution is -0.0692. The quantitative estimate of drug-likeness (QED) is 0.0736. The number of fused-ring (bicyclic) bond motifs is 5. The van der Waals surface area contributed by atoms with E-state index in [0.29, 0.717) is 103 Å². The number of aliphatic hydroxyl groups is 1. The van der Waals surface area contributed by atoms with Crippen LogP contribution in [-0.2, 0) is 33.2 Å². The highest BCUT2D eigenvalue weighted by Gasteiger charge is 2.59. The van der Waals surface area contributed by atoms with Crippen molar-refractivity contribution in [1.82, 2.24) is 0 Å². The van der Waals surface area contributed by atoms with Crippen molar-refractivity contribution < 1.29 is 38.3 Å². The van der Waals surface area contributed by atoms with Crippen molar-refractivity contribution in [2.24, 2.45) is 46.3 Å². The van der Waals surface area contributed by atoms with Crippen molar-refractivity contribution in [3.63, 3.8) is 0 Å². The van der Waals surface area contributed by atoms with Crippen LogP contribution in [0.3, 0.4) is 0 Å². The van der Waals surface area contributed by atoms with Gasteiger partial charge in [0.15, 0.2) is 0 Å². The first kappa shape index (κ1) is 41.2. The molecule has 0 spiro atoms. The van der Waals surface area contributed by atoms with Gasteiger partial charge in [-0.1, -0.05) is 65.5 Å². The number of rotatable bonds is 26. The lowest BCUT2D eigenvalue weighted by atomic mass is 9.47. The maximum atomic E-state index is 8.63. The third kappa shape index (κ3) is 12.2. The van der Waals surface area contributed by atoms with Gasteiger partial charge < -0.3 is 38.3 Å². The van der Waals surface area contributed by atoms with Gasteiger partial charge in [-0.05, 0) is 97.7 Å². The average molecular weight is 695 g/mol. The summed E-state index contributed by atoms with van der Waals surface area (Å²) >= 11 is 0. The second-order valence-corrected chi connectivity index (χ2v) is 16.4. The summed E-state index contributed by atoms with van der Waals surface area (Å²) in [6.45, 7) is 19.7. The third-order valence-electron chi connectivity index (χ3n) is 12.9. The molecule has 4 aliphatic rings. The standard InChI is InChI=1S/C41H74O8/c1-32(2)7-6-8-33(3)37-11-12-38-36-10-9-34-31-35(13-15-40(34,4)39(36)14-16-41(37,38)5)49-30-29-48-28-27-47-26-25-46-24-23-45-22-21-44-20-19-43-18-17-42/h9,32-33,35-39,42H,6-8,10-31H2,1-5H3/t33-,35+,36+,37-,38+,39+,40+,41-/m1/s1. The Hall–Kier alpha value is -0.580. The second-order valence-electron chi connectivity index (χ2n) is 16.4. The Morgan fingerprint density at radius 1 is 0.673 bits per heavy atom. The number of hydrogen-bond acceptors (Lipinski definition) is 8. The second kappa shape index (κ2) is 21.8. The normalized spacial score (nSPS) is 31.7. The molecule has 8 heteroatoms. The van der Waals surface area contributed by atoms with Crippen molar-refractivity contribution in [2.45, 2.75) is 111 Å². The molecule has 0 unspecified atom stereocenters. The van der Waals surface area contributed by atoms with Crippen LogP contribution in [0.4, 0.5) is 0 Å². The molecular formula is C41H74O8. The van der Waals surface area contributed by atoms with Crippen LogP contribution in [0, 0.1) is 46.3 Å². The Balaban J connectivity index is 1.02. The van der Waals surface area contributed by atoms with E-state index in [9.17, 15) is 0 Å². The Kier molecular flexibility index (Phi) is 18.3. The van der Waals surface area contributed by atoms with Gasteiger partial charge in [0, 0.05) is 0 Å². The largest absolute Gasteiger partial charge is 0.394 e. The lowest BCUT2D eigenvalue weighted by Crippen LogP contribution is -2.51. The highest BCUT2D eigenvalue weighted by atomic mass is 16.6. The third-order valence-corrected chi connectivity index (χ3v) is 12.9. The van der Waals surface area contributed by atoms with Gasteiger partial charge in [0.25, 0.3) is 0 Å². The maximum absolute atomic E-state index is 8.63. The first-order valence-corrected chi connectivity index (χ1v) is 20.2. The van der Waals surface area contributed by atoms with Crippen molar-refractivity contribution in [3.8, 4) is 0 Å². The van der Waals surface area contributed by atoms with Gasteiger partial charge in [0.2, 0.25) is 0 Å². The molecule has 4 rings (SSSR count). The van der Waals surface area contributed by atoms with E-state index in [1.807, 2.05) is 0 Å². The molecule has 0 amide bonds. The fraction of sp³-hybridized carbons (Fsp3) is 0.951. The van der Waals surface area contributed by atoms with Gasteiger partial charge >= 0.3 is 0 Å². The van der Waals surface area contributed by atoms with Gasteiger partial charge in [0.1, 0.15) is 0 Å². The van der Waals surface area contributed by atoms with E-state index in [1.165, 1.54) is 64.2 Å². The molecule has 0 bridgehead atoms. The molecular weight excluding hydrogens is 620 g/mol. The topological polar surface area (TPSA) is 84.8 Å². The van der Waals surface area contributed by atoms with E-state index < -0.39 is 0 Å². The molecule has 3 saturated carbocycles. The van der Waals surface area contributed by atoms with Crippen molar-refractivity contribution in [2.75, 3.05) is 92.5 Å². The van der Waals surface area contributed by atoms with Crippen LogP contribution in [0.1, 0.15) is 105 Å². The monoisotopic (exact) mass is 695 g/mol.